The molecule has 2 aliphatic rings. The molecule has 7 heteroatoms. The lowest BCUT2D eigenvalue weighted by atomic mass is 9.91. The van der Waals surface area contributed by atoms with Gasteiger partial charge in [0.25, 0.3) is 5.91 Å². The average molecular weight is 354 g/mol. The van der Waals surface area contributed by atoms with Crippen molar-refractivity contribution in [3.63, 3.8) is 0 Å². The van der Waals surface area contributed by atoms with Crippen LogP contribution in [0.2, 0.25) is 0 Å². The molecule has 2 saturated heterocycles. The molecule has 2 N–H and O–H groups in total. The van der Waals surface area contributed by atoms with Crippen molar-refractivity contribution in [1.29, 1.82) is 0 Å². The highest BCUT2D eigenvalue weighted by Gasteiger charge is 2.49. The van der Waals surface area contributed by atoms with E-state index in [0.717, 1.165) is 16.5 Å². The normalized spacial score (nSPS) is 25.9. The minimum atomic E-state index is -0.656. The lowest BCUT2D eigenvalue weighted by molar-refractivity contribution is -0.133. The van der Waals surface area contributed by atoms with Crippen molar-refractivity contribution in [2.45, 2.75) is 23.7 Å². The number of pyridine rings is 1. The van der Waals surface area contributed by atoms with Crippen LogP contribution < -0.4 is 15.8 Å². The van der Waals surface area contributed by atoms with Gasteiger partial charge in [0.05, 0.1) is 16.9 Å². The number of piperidine rings is 1. The lowest BCUT2D eigenvalue weighted by Crippen LogP contribution is -2.56. The number of thioether (sulfide) groups is 1. The third kappa shape index (κ3) is 3.30. The first-order valence-electron chi connectivity index (χ1n) is 8.20. The van der Waals surface area contributed by atoms with Gasteiger partial charge in [-0.1, -0.05) is 24.3 Å². The maximum Gasteiger partial charge on any atom is 0.255 e. The molecule has 0 bridgehead atoms. The molecular weight excluding hydrogens is 336 g/mol. The van der Waals surface area contributed by atoms with Gasteiger partial charge >= 0.3 is 0 Å². The Bertz CT molecular complexity index is 771. The van der Waals surface area contributed by atoms with Gasteiger partial charge in [0.15, 0.2) is 0 Å². The number of rotatable bonds is 4. The number of anilines is 1. The summed E-state index contributed by atoms with van der Waals surface area (Å²) in [5, 5.41) is 5.81. The van der Waals surface area contributed by atoms with Crippen LogP contribution in [0, 0.1) is 5.92 Å². The molecule has 0 saturated carbocycles. The number of Topliss-reactive ketones (excluding diaryl/α,β-unsaturated/α-hetero) is 1. The molecule has 0 aliphatic carbocycles. The van der Waals surface area contributed by atoms with E-state index in [1.165, 1.54) is 5.01 Å². The van der Waals surface area contributed by atoms with Gasteiger partial charge in [-0.05, 0) is 24.3 Å². The maximum absolute atomic E-state index is 12.6. The molecule has 4 rings (SSSR count). The van der Waals surface area contributed by atoms with E-state index < -0.39 is 5.92 Å². The fourth-order valence-corrected chi connectivity index (χ4v) is 4.10. The molecule has 3 atom stereocenters. The number of nitrogens with zero attached hydrogens (tertiary/aromatic N) is 2. The summed E-state index contributed by atoms with van der Waals surface area (Å²) in [7, 11) is 0. The Morgan fingerprint density at radius 2 is 1.92 bits per heavy atom. The van der Waals surface area contributed by atoms with Gasteiger partial charge in [-0.2, -0.15) is 0 Å². The number of ketones is 1. The number of carbonyl (C=O) groups excluding carboxylic acids is 2. The van der Waals surface area contributed by atoms with Crippen LogP contribution in [0.4, 0.5) is 5.69 Å². The second-order valence-corrected chi connectivity index (χ2v) is 7.15. The van der Waals surface area contributed by atoms with Crippen LogP contribution in [0.3, 0.4) is 0 Å². The second kappa shape index (κ2) is 6.95. The second-order valence-electron chi connectivity index (χ2n) is 6.11. The number of fused-ring (bicyclic) bond motifs is 1. The predicted molar refractivity (Wildman–Crippen MR) is 95.9 cm³/mol. The number of nitrogens with one attached hydrogen (secondary N) is 2. The van der Waals surface area contributed by atoms with Gasteiger partial charge in [0, 0.05) is 24.4 Å². The number of aromatic nitrogens is 1. The van der Waals surface area contributed by atoms with Crippen LogP contribution in [0.25, 0.3) is 0 Å². The zero-order valence-corrected chi connectivity index (χ0v) is 14.3. The first kappa shape index (κ1) is 16.3. The first-order valence-corrected chi connectivity index (χ1v) is 9.19. The molecule has 3 heterocycles. The summed E-state index contributed by atoms with van der Waals surface area (Å²) in [4.78, 5) is 29.4. The largest absolute Gasteiger partial charge is 0.299 e. The van der Waals surface area contributed by atoms with Crippen molar-refractivity contribution in [2.75, 3.05) is 10.8 Å². The fraction of sp³-hybridized carbons (Fsp3) is 0.278. The Morgan fingerprint density at radius 1 is 1.12 bits per heavy atom. The molecule has 2 fully saturated rings. The van der Waals surface area contributed by atoms with Gasteiger partial charge in [0.2, 0.25) is 0 Å². The molecular formula is C18H18N4O2S. The number of hydrogen-bond donors (Lipinski definition) is 2. The Hall–Kier alpha value is -2.22. The van der Waals surface area contributed by atoms with Crippen molar-refractivity contribution in [3.8, 4) is 0 Å². The van der Waals surface area contributed by atoms with E-state index >= 15 is 0 Å². The van der Waals surface area contributed by atoms with Crippen LogP contribution in [-0.4, -0.2) is 34.6 Å². The zero-order valence-electron chi connectivity index (χ0n) is 13.5. The number of hydrogen-bond acceptors (Lipinski definition) is 6. The van der Waals surface area contributed by atoms with Crippen molar-refractivity contribution < 1.29 is 9.59 Å². The summed E-state index contributed by atoms with van der Waals surface area (Å²) >= 11 is 1.61. The van der Waals surface area contributed by atoms with E-state index in [1.807, 2.05) is 48.5 Å². The minimum Gasteiger partial charge on any atom is -0.299 e. The third-order valence-electron chi connectivity index (χ3n) is 4.38. The van der Waals surface area contributed by atoms with E-state index in [4.69, 9.17) is 0 Å². The number of amides is 1. The standard InChI is InChI=1S/C18H18N4O2S/c23-14-10-12(11-25-15-8-4-5-9-19-15)20-17-16(14)18(24)22(21-17)13-6-2-1-3-7-13/h1-9,12,16-17,20-21H,10-11H2. The first-order chi connectivity index (χ1) is 12.2. The van der Waals surface area contributed by atoms with Crippen molar-refractivity contribution in [3.05, 3.63) is 54.7 Å². The number of para-hydroxylation sites is 1. The Balaban J connectivity index is 1.44. The van der Waals surface area contributed by atoms with Gasteiger partial charge in [0.1, 0.15) is 11.7 Å². The highest BCUT2D eigenvalue weighted by molar-refractivity contribution is 7.99. The molecule has 3 unspecified atom stereocenters. The topological polar surface area (TPSA) is 74.3 Å². The van der Waals surface area contributed by atoms with E-state index in [-0.39, 0.29) is 23.9 Å². The summed E-state index contributed by atoms with van der Waals surface area (Å²) in [5.41, 5.74) is 3.89. The SMILES string of the molecule is O=C1CC(CSc2ccccn2)NC2NN(c3ccccc3)C(=O)C12. The molecule has 128 valence electrons. The van der Waals surface area contributed by atoms with Crippen LogP contribution in [0.5, 0.6) is 0 Å². The van der Waals surface area contributed by atoms with Gasteiger partial charge < -0.3 is 0 Å². The molecule has 6 nitrogen and oxygen atoms in total. The minimum absolute atomic E-state index is 0.00805. The number of carbonyl (C=O) groups is 2. The van der Waals surface area contributed by atoms with Crippen molar-refractivity contribution in [1.82, 2.24) is 15.7 Å². The fourth-order valence-electron chi connectivity index (χ4n) is 3.20. The zero-order chi connectivity index (χ0) is 17.2. The van der Waals surface area contributed by atoms with Crippen molar-refractivity contribution >= 4 is 29.1 Å². The Kier molecular flexibility index (Phi) is 4.52. The lowest BCUT2D eigenvalue weighted by Gasteiger charge is -2.30. The maximum atomic E-state index is 12.6. The summed E-state index contributed by atoms with van der Waals surface area (Å²) < 4.78 is 0. The average Bonchev–Trinajstić information content (AvgIpc) is 2.99. The smallest absolute Gasteiger partial charge is 0.255 e. The third-order valence-corrected chi connectivity index (χ3v) is 5.49. The molecule has 2 aromatic rings. The van der Waals surface area contributed by atoms with Gasteiger partial charge in [-0.25, -0.2) is 15.4 Å². The van der Waals surface area contributed by atoms with E-state index in [0.29, 0.717) is 6.42 Å². The van der Waals surface area contributed by atoms with Crippen LogP contribution >= 0.6 is 11.8 Å². The van der Waals surface area contributed by atoms with Crippen LogP contribution in [0.1, 0.15) is 6.42 Å². The monoisotopic (exact) mass is 354 g/mol. The molecule has 0 spiro atoms. The molecule has 1 aromatic carbocycles. The number of hydrazine groups is 1. The summed E-state index contributed by atoms with van der Waals surface area (Å²) in [6, 6.07) is 15.1. The highest BCUT2D eigenvalue weighted by atomic mass is 32.2. The predicted octanol–water partition coefficient (Wildman–Crippen LogP) is 1.60. The summed E-state index contributed by atoms with van der Waals surface area (Å²) in [6.45, 7) is 0. The Labute approximate surface area is 150 Å². The molecule has 1 amide bonds. The van der Waals surface area contributed by atoms with Crippen LogP contribution in [-0.2, 0) is 9.59 Å². The van der Waals surface area contributed by atoms with E-state index in [1.54, 1.807) is 18.0 Å². The van der Waals surface area contributed by atoms with Crippen LogP contribution in [0.15, 0.2) is 59.8 Å². The molecule has 1 aromatic heterocycles. The van der Waals surface area contributed by atoms with E-state index in [2.05, 4.69) is 15.7 Å². The molecule has 2 aliphatic heterocycles. The van der Waals surface area contributed by atoms with Gasteiger partial charge in [-0.3, -0.25) is 14.9 Å². The molecule has 0 radical (unpaired) electrons. The van der Waals surface area contributed by atoms with E-state index in [9.17, 15) is 9.59 Å². The quantitative estimate of drug-likeness (QED) is 0.642. The highest BCUT2D eigenvalue weighted by Crippen LogP contribution is 2.28. The summed E-state index contributed by atoms with van der Waals surface area (Å²) in [5.74, 6) is -0.125. The van der Waals surface area contributed by atoms with Crippen molar-refractivity contribution in [2.24, 2.45) is 5.92 Å². The number of benzene rings is 1. The van der Waals surface area contributed by atoms with Gasteiger partial charge in [-0.15, -0.1) is 11.8 Å². The summed E-state index contributed by atoms with van der Waals surface area (Å²) in [6.07, 6.45) is 1.76. The molecule has 25 heavy (non-hydrogen) atoms. The Morgan fingerprint density at radius 3 is 2.68 bits per heavy atom.